The predicted octanol–water partition coefficient (Wildman–Crippen LogP) is 0.416. The number of carbonyl (C=O) groups is 2. The Morgan fingerprint density at radius 2 is 1.89 bits per heavy atom. The van der Waals surface area contributed by atoms with E-state index in [-0.39, 0.29) is 18.2 Å². The molecular weight excluding hydrogens is 248 g/mol. The molecule has 1 heterocycles. The van der Waals surface area contributed by atoms with Crippen molar-refractivity contribution in [2.45, 2.75) is 46.0 Å². The molecule has 6 heteroatoms. The van der Waals surface area contributed by atoms with Crippen LogP contribution < -0.4 is 10.6 Å². The Labute approximate surface area is 114 Å². The van der Waals surface area contributed by atoms with Crippen molar-refractivity contribution in [2.24, 2.45) is 5.41 Å². The van der Waals surface area contributed by atoms with Crippen molar-refractivity contribution in [1.82, 2.24) is 10.6 Å². The molecule has 1 aliphatic rings. The lowest BCUT2D eigenvalue weighted by atomic mass is 9.85. The number of hydrogen-bond acceptors (Lipinski definition) is 4. The summed E-state index contributed by atoms with van der Waals surface area (Å²) < 4.78 is 11.3. The standard InChI is InChI=1S/C13H24N2O4/c1-12(2)8-18-13(3,4)19-10(12)11(17)15-7-6-9(16)14-5/h10H,6-8H2,1-5H3,(H,14,16)(H,15,17). The third-order valence-corrected chi connectivity index (χ3v) is 3.07. The van der Waals surface area contributed by atoms with Gasteiger partial charge in [0.1, 0.15) is 6.10 Å². The molecule has 0 aromatic heterocycles. The number of rotatable bonds is 4. The molecule has 0 aromatic rings. The smallest absolute Gasteiger partial charge is 0.249 e. The van der Waals surface area contributed by atoms with Gasteiger partial charge in [-0.05, 0) is 13.8 Å². The summed E-state index contributed by atoms with van der Waals surface area (Å²) in [5, 5.41) is 5.24. The van der Waals surface area contributed by atoms with Crippen LogP contribution in [0, 0.1) is 5.41 Å². The lowest BCUT2D eigenvalue weighted by molar-refractivity contribution is -0.304. The zero-order valence-electron chi connectivity index (χ0n) is 12.3. The molecule has 0 saturated carbocycles. The van der Waals surface area contributed by atoms with E-state index in [1.807, 2.05) is 13.8 Å². The zero-order chi connectivity index (χ0) is 14.7. The zero-order valence-corrected chi connectivity index (χ0v) is 12.3. The van der Waals surface area contributed by atoms with Gasteiger partial charge in [-0.3, -0.25) is 9.59 Å². The first-order valence-electron chi connectivity index (χ1n) is 6.48. The molecule has 0 aromatic carbocycles. The molecule has 0 spiro atoms. The second kappa shape index (κ2) is 5.88. The summed E-state index contributed by atoms with van der Waals surface area (Å²) in [4.78, 5) is 23.2. The molecule has 2 amide bonds. The highest BCUT2D eigenvalue weighted by Crippen LogP contribution is 2.34. The van der Waals surface area contributed by atoms with E-state index in [4.69, 9.17) is 9.47 Å². The molecule has 0 aliphatic carbocycles. The van der Waals surface area contributed by atoms with E-state index in [0.29, 0.717) is 13.2 Å². The van der Waals surface area contributed by atoms with Crippen molar-refractivity contribution in [3.05, 3.63) is 0 Å². The van der Waals surface area contributed by atoms with Gasteiger partial charge < -0.3 is 20.1 Å². The molecular formula is C13H24N2O4. The van der Waals surface area contributed by atoms with E-state index in [9.17, 15) is 9.59 Å². The van der Waals surface area contributed by atoms with Crippen LogP contribution in [0.5, 0.6) is 0 Å². The second-order valence-electron chi connectivity index (χ2n) is 5.89. The molecule has 1 fully saturated rings. The lowest BCUT2D eigenvalue weighted by Gasteiger charge is -2.44. The van der Waals surface area contributed by atoms with E-state index in [1.165, 1.54) is 0 Å². The minimum atomic E-state index is -0.766. The van der Waals surface area contributed by atoms with Crippen LogP contribution in [0.1, 0.15) is 34.1 Å². The maximum absolute atomic E-state index is 12.1. The van der Waals surface area contributed by atoms with Crippen molar-refractivity contribution < 1.29 is 19.1 Å². The molecule has 1 atom stereocenters. The fourth-order valence-electron chi connectivity index (χ4n) is 1.84. The first kappa shape index (κ1) is 15.9. The van der Waals surface area contributed by atoms with Gasteiger partial charge in [-0.1, -0.05) is 13.8 Å². The van der Waals surface area contributed by atoms with Gasteiger partial charge in [0.25, 0.3) is 0 Å². The SMILES string of the molecule is CNC(=O)CCNC(=O)C1OC(C)(C)OCC1(C)C. The molecule has 2 N–H and O–H groups in total. The van der Waals surface area contributed by atoms with Gasteiger partial charge in [0.2, 0.25) is 11.8 Å². The first-order chi connectivity index (χ1) is 8.68. The highest BCUT2D eigenvalue weighted by Gasteiger charge is 2.45. The van der Waals surface area contributed by atoms with E-state index >= 15 is 0 Å². The van der Waals surface area contributed by atoms with Crippen LogP contribution in [0.4, 0.5) is 0 Å². The largest absolute Gasteiger partial charge is 0.359 e. The predicted molar refractivity (Wildman–Crippen MR) is 70.4 cm³/mol. The second-order valence-corrected chi connectivity index (χ2v) is 5.89. The number of carbonyl (C=O) groups excluding carboxylic acids is 2. The maximum Gasteiger partial charge on any atom is 0.249 e. The van der Waals surface area contributed by atoms with Gasteiger partial charge in [-0.2, -0.15) is 0 Å². The average Bonchev–Trinajstić information content (AvgIpc) is 2.32. The van der Waals surface area contributed by atoms with Gasteiger partial charge in [-0.15, -0.1) is 0 Å². The molecule has 0 radical (unpaired) electrons. The lowest BCUT2D eigenvalue weighted by Crippen LogP contribution is -2.56. The summed E-state index contributed by atoms with van der Waals surface area (Å²) in [7, 11) is 1.57. The van der Waals surface area contributed by atoms with Crippen molar-refractivity contribution in [3.63, 3.8) is 0 Å². The normalized spacial score (nSPS) is 24.6. The Morgan fingerprint density at radius 3 is 2.47 bits per heavy atom. The molecule has 19 heavy (non-hydrogen) atoms. The summed E-state index contributed by atoms with van der Waals surface area (Å²) in [6.07, 6.45) is -0.323. The third kappa shape index (κ3) is 4.47. The molecule has 1 aliphatic heterocycles. The molecule has 0 bridgehead atoms. The number of ether oxygens (including phenoxy) is 2. The summed E-state index contributed by atoms with van der Waals surface area (Å²) >= 11 is 0. The molecule has 1 rings (SSSR count). The third-order valence-electron chi connectivity index (χ3n) is 3.07. The molecule has 1 unspecified atom stereocenters. The Kier molecular flexibility index (Phi) is 4.92. The van der Waals surface area contributed by atoms with E-state index in [1.54, 1.807) is 20.9 Å². The van der Waals surface area contributed by atoms with Gasteiger partial charge in [0.05, 0.1) is 6.61 Å². The van der Waals surface area contributed by atoms with Crippen LogP contribution in [-0.4, -0.2) is 43.9 Å². The Balaban J connectivity index is 2.55. The van der Waals surface area contributed by atoms with E-state index < -0.39 is 17.3 Å². The number of hydrogen-bond donors (Lipinski definition) is 2. The summed E-state index contributed by atoms with van der Waals surface area (Å²) in [5.41, 5.74) is -0.396. The topological polar surface area (TPSA) is 76.7 Å². The van der Waals surface area contributed by atoms with E-state index in [0.717, 1.165) is 0 Å². The van der Waals surface area contributed by atoms with Crippen LogP contribution in [0.15, 0.2) is 0 Å². The molecule has 1 saturated heterocycles. The summed E-state index contributed by atoms with van der Waals surface area (Å²) in [5.74, 6) is -1.07. The van der Waals surface area contributed by atoms with Gasteiger partial charge in [0, 0.05) is 25.4 Å². The van der Waals surface area contributed by atoms with Crippen LogP contribution in [0.2, 0.25) is 0 Å². The van der Waals surface area contributed by atoms with Crippen LogP contribution in [-0.2, 0) is 19.1 Å². The quantitative estimate of drug-likeness (QED) is 0.777. The highest BCUT2D eigenvalue weighted by atomic mass is 16.7. The van der Waals surface area contributed by atoms with Crippen LogP contribution in [0.25, 0.3) is 0 Å². The number of nitrogens with one attached hydrogen (secondary N) is 2. The van der Waals surface area contributed by atoms with Crippen molar-refractivity contribution in [2.75, 3.05) is 20.2 Å². The molecule has 6 nitrogen and oxygen atoms in total. The van der Waals surface area contributed by atoms with E-state index in [2.05, 4.69) is 10.6 Å². The molecule has 110 valence electrons. The van der Waals surface area contributed by atoms with Crippen molar-refractivity contribution in [1.29, 1.82) is 0 Å². The average molecular weight is 272 g/mol. The minimum Gasteiger partial charge on any atom is -0.359 e. The van der Waals surface area contributed by atoms with Crippen molar-refractivity contribution in [3.8, 4) is 0 Å². The maximum atomic E-state index is 12.1. The van der Waals surface area contributed by atoms with Crippen molar-refractivity contribution >= 4 is 11.8 Å². The summed E-state index contributed by atoms with van der Waals surface area (Å²) in [6, 6.07) is 0. The van der Waals surface area contributed by atoms with Gasteiger partial charge >= 0.3 is 0 Å². The fourth-order valence-corrected chi connectivity index (χ4v) is 1.84. The monoisotopic (exact) mass is 272 g/mol. The van der Waals surface area contributed by atoms with Gasteiger partial charge in [0.15, 0.2) is 5.79 Å². The number of amides is 2. The Morgan fingerprint density at radius 1 is 1.26 bits per heavy atom. The Bertz CT molecular complexity index is 353. The van der Waals surface area contributed by atoms with Crippen LogP contribution >= 0.6 is 0 Å². The highest BCUT2D eigenvalue weighted by molar-refractivity contribution is 5.82. The first-order valence-corrected chi connectivity index (χ1v) is 6.48. The fraction of sp³-hybridized carbons (Fsp3) is 0.846. The van der Waals surface area contributed by atoms with Gasteiger partial charge in [-0.25, -0.2) is 0 Å². The minimum absolute atomic E-state index is 0.104. The van der Waals surface area contributed by atoms with Crippen LogP contribution in [0.3, 0.4) is 0 Å². The Hall–Kier alpha value is -1.14. The summed E-state index contributed by atoms with van der Waals surface area (Å²) in [6.45, 7) is 8.17.